The Labute approximate surface area is 56.0 Å². The lowest BCUT2D eigenvalue weighted by Crippen LogP contribution is -1.97. The van der Waals surface area contributed by atoms with Crippen molar-refractivity contribution < 1.29 is 0 Å². The van der Waals surface area contributed by atoms with Gasteiger partial charge in [0.2, 0.25) is 0 Å². The van der Waals surface area contributed by atoms with Crippen LogP contribution in [-0.2, 0) is 0 Å². The van der Waals surface area contributed by atoms with Gasteiger partial charge in [-0.1, -0.05) is 18.1 Å². The molecule has 3 aliphatic rings. The highest BCUT2D eigenvalue weighted by atomic mass is 14.6. The highest BCUT2D eigenvalue weighted by Gasteiger charge is 2.54. The Morgan fingerprint density at radius 1 is 1.56 bits per heavy atom. The predicted molar refractivity (Wildman–Crippen MR) is 37.1 cm³/mol. The predicted octanol–water partition coefficient (Wildman–Crippen LogP) is 2.51. The van der Waals surface area contributed by atoms with E-state index in [1.807, 2.05) is 11.1 Å². The third-order valence-corrected chi connectivity index (χ3v) is 3.40. The SMILES string of the molecule is CC12CCC3CC3=C1C2. The minimum Gasteiger partial charge on any atom is -0.0664 e. The van der Waals surface area contributed by atoms with Crippen molar-refractivity contribution in [1.29, 1.82) is 0 Å². The molecule has 3 aliphatic carbocycles. The topological polar surface area (TPSA) is 0 Å². The minimum atomic E-state index is 0.738. The number of allylic oxidation sites excluding steroid dienone is 2. The molecule has 0 aromatic heterocycles. The standard InChI is InChI=1S/C9H12/c1-9-3-2-6-4-7(6)8(9)5-9/h6H,2-5H2,1H3. The lowest BCUT2D eigenvalue weighted by Gasteiger charge is -2.09. The number of hydrogen-bond acceptors (Lipinski definition) is 0. The molecule has 0 heteroatoms. The van der Waals surface area contributed by atoms with Gasteiger partial charge in [-0.2, -0.15) is 0 Å². The van der Waals surface area contributed by atoms with Crippen molar-refractivity contribution in [3.8, 4) is 0 Å². The van der Waals surface area contributed by atoms with Crippen LogP contribution in [-0.4, -0.2) is 0 Å². The second-order valence-electron chi connectivity index (χ2n) is 4.18. The van der Waals surface area contributed by atoms with Crippen molar-refractivity contribution in [1.82, 2.24) is 0 Å². The summed E-state index contributed by atoms with van der Waals surface area (Å²) in [6.45, 7) is 2.43. The Morgan fingerprint density at radius 3 is 3.22 bits per heavy atom. The van der Waals surface area contributed by atoms with Gasteiger partial charge in [-0.3, -0.25) is 0 Å². The van der Waals surface area contributed by atoms with E-state index in [0.717, 1.165) is 11.3 Å². The zero-order valence-corrected chi connectivity index (χ0v) is 5.91. The molecule has 0 aliphatic heterocycles. The van der Waals surface area contributed by atoms with Crippen molar-refractivity contribution >= 4 is 0 Å². The fourth-order valence-corrected chi connectivity index (χ4v) is 2.43. The van der Waals surface area contributed by atoms with E-state index < -0.39 is 0 Å². The first-order chi connectivity index (χ1) is 4.30. The Morgan fingerprint density at radius 2 is 2.44 bits per heavy atom. The van der Waals surface area contributed by atoms with Gasteiger partial charge in [0, 0.05) is 0 Å². The van der Waals surface area contributed by atoms with Gasteiger partial charge in [-0.15, -0.1) is 0 Å². The van der Waals surface area contributed by atoms with Crippen molar-refractivity contribution in [2.24, 2.45) is 11.3 Å². The summed E-state index contributed by atoms with van der Waals surface area (Å²) in [5, 5.41) is 0. The van der Waals surface area contributed by atoms with Gasteiger partial charge in [-0.05, 0) is 37.0 Å². The zero-order valence-electron chi connectivity index (χ0n) is 5.91. The van der Waals surface area contributed by atoms with Gasteiger partial charge in [0.15, 0.2) is 0 Å². The first-order valence-corrected chi connectivity index (χ1v) is 4.02. The van der Waals surface area contributed by atoms with E-state index in [-0.39, 0.29) is 0 Å². The number of hydrogen-bond donors (Lipinski definition) is 0. The summed E-state index contributed by atoms with van der Waals surface area (Å²) in [7, 11) is 0. The van der Waals surface area contributed by atoms with Gasteiger partial charge in [0.25, 0.3) is 0 Å². The van der Waals surface area contributed by atoms with E-state index in [0.29, 0.717) is 0 Å². The first-order valence-electron chi connectivity index (χ1n) is 4.02. The summed E-state index contributed by atoms with van der Waals surface area (Å²) in [5.74, 6) is 1.08. The van der Waals surface area contributed by atoms with Gasteiger partial charge < -0.3 is 0 Å². The van der Waals surface area contributed by atoms with Crippen molar-refractivity contribution in [2.75, 3.05) is 0 Å². The van der Waals surface area contributed by atoms with Crippen LogP contribution in [0.5, 0.6) is 0 Å². The van der Waals surface area contributed by atoms with Gasteiger partial charge >= 0.3 is 0 Å². The van der Waals surface area contributed by atoms with Gasteiger partial charge in [0.05, 0.1) is 0 Å². The number of fused-ring (bicyclic) bond motifs is 2. The Hall–Kier alpha value is -0.260. The molecule has 3 rings (SSSR count). The molecule has 0 heterocycles. The third kappa shape index (κ3) is 0.417. The van der Waals surface area contributed by atoms with Crippen LogP contribution in [0, 0.1) is 11.3 Å². The van der Waals surface area contributed by atoms with E-state index in [9.17, 15) is 0 Å². The second kappa shape index (κ2) is 1.00. The van der Waals surface area contributed by atoms with Gasteiger partial charge in [0.1, 0.15) is 0 Å². The summed E-state index contributed by atoms with van der Waals surface area (Å²) < 4.78 is 0. The molecule has 9 heavy (non-hydrogen) atoms. The molecule has 0 nitrogen and oxygen atoms in total. The summed E-state index contributed by atoms with van der Waals surface area (Å²) in [5.41, 5.74) is 4.46. The molecule has 2 unspecified atom stereocenters. The summed E-state index contributed by atoms with van der Waals surface area (Å²) in [6, 6.07) is 0. The lowest BCUT2D eigenvalue weighted by atomic mass is 9.96. The van der Waals surface area contributed by atoms with Crippen LogP contribution in [0.2, 0.25) is 0 Å². The van der Waals surface area contributed by atoms with E-state index in [2.05, 4.69) is 6.92 Å². The maximum absolute atomic E-state index is 2.43. The molecule has 48 valence electrons. The van der Waals surface area contributed by atoms with Crippen molar-refractivity contribution in [3.05, 3.63) is 11.1 Å². The smallest absolute Gasteiger partial charge is 0.00756 e. The van der Waals surface area contributed by atoms with E-state index in [1.165, 1.54) is 25.7 Å². The molecule has 0 N–H and O–H groups in total. The van der Waals surface area contributed by atoms with Crippen LogP contribution in [0.4, 0.5) is 0 Å². The molecule has 0 bridgehead atoms. The third-order valence-electron chi connectivity index (χ3n) is 3.40. The highest BCUT2D eigenvalue weighted by molar-refractivity contribution is 5.46. The van der Waals surface area contributed by atoms with Crippen LogP contribution in [0.1, 0.15) is 32.6 Å². The zero-order chi connectivity index (χ0) is 6.06. The molecule has 2 saturated carbocycles. The molecule has 2 fully saturated rings. The summed E-state index contributed by atoms with van der Waals surface area (Å²) in [6.07, 6.45) is 5.94. The first kappa shape index (κ1) is 4.54. The average molecular weight is 120 g/mol. The average Bonchev–Trinajstić information content (AvgIpc) is 2.52. The second-order valence-corrected chi connectivity index (χ2v) is 4.18. The molecule has 0 aromatic rings. The maximum Gasteiger partial charge on any atom is -0.00756 e. The van der Waals surface area contributed by atoms with Crippen molar-refractivity contribution in [2.45, 2.75) is 32.6 Å². The Balaban J connectivity index is 2.13. The van der Waals surface area contributed by atoms with Crippen molar-refractivity contribution in [3.63, 3.8) is 0 Å². The molecule has 0 amide bonds. The molecule has 0 saturated heterocycles. The fraction of sp³-hybridized carbons (Fsp3) is 0.778. The van der Waals surface area contributed by atoms with Crippen LogP contribution in [0.25, 0.3) is 0 Å². The molecule has 0 aromatic carbocycles. The molecular formula is C9H12. The Kier molecular flexibility index (Phi) is 0.505. The van der Waals surface area contributed by atoms with Crippen LogP contribution in [0.15, 0.2) is 11.1 Å². The van der Waals surface area contributed by atoms with Crippen LogP contribution < -0.4 is 0 Å². The molecule has 0 radical (unpaired) electrons. The fourth-order valence-electron chi connectivity index (χ4n) is 2.43. The van der Waals surface area contributed by atoms with E-state index in [1.54, 1.807) is 0 Å². The summed E-state index contributed by atoms with van der Waals surface area (Å²) in [4.78, 5) is 0. The lowest BCUT2D eigenvalue weighted by molar-refractivity contribution is 0.488. The monoisotopic (exact) mass is 120 g/mol. The van der Waals surface area contributed by atoms with Gasteiger partial charge in [-0.25, -0.2) is 0 Å². The maximum atomic E-state index is 2.43. The molecular weight excluding hydrogens is 108 g/mol. The van der Waals surface area contributed by atoms with E-state index >= 15 is 0 Å². The van der Waals surface area contributed by atoms with E-state index in [4.69, 9.17) is 0 Å². The minimum absolute atomic E-state index is 0.738. The van der Waals surface area contributed by atoms with Crippen LogP contribution in [0.3, 0.4) is 0 Å². The normalized spacial score (nSPS) is 52.3. The molecule has 0 spiro atoms. The molecule has 2 atom stereocenters. The largest absolute Gasteiger partial charge is 0.0664 e. The highest BCUT2D eigenvalue weighted by Crippen LogP contribution is 2.67. The quantitative estimate of drug-likeness (QED) is 0.431. The van der Waals surface area contributed by atoms with Crippen LogP contribution >= 0.6 is 0 Å². The Bertz CT molecular complexity index is 212. The summed E-state index contributed by atoms with van der Waals surface area (Å²) >= 11 is 0. The number of rotatable bonds is 0.